The number of carbonyl (C=O) groups excluding carboxylic acids is 2. The van der Waals surface area contributed by atoms with E-state index in [-0.39, 0.29) is 28.5 Å². The number of nitrogens with one attached hydrogen (secondary N) is 1. The fourth-order valence-corrected chi connectivity index (χ4v) is 4.12. The number of hydrogen-bond acceptors (Lipinski definition) is 7. The zero-order valence-corrected chi connectivity index (χ0v) is 19.0. The van der Waals surface area contributed by atoms with Crippen molar-refractivity contribution in [3.8, 4) is 11.5 Å². The van der Waals surface area contributed by atoms with Gasteiger partial charge in [0.05, 0.1) is 22.3 Å². The summed E-state index contributed by atoms with van der Waals surface area (Å²) in [7, 11) is 0. The predicted molar refractivity (Wildman–Crippen MR) is 128 cm³/mol. The summed E-state index contributed by atoms with van der Waals surface area (Å²) in [6, 6.07) is 14.7. The Morgan fingerprint density at radius 3 is 2.56 bits per heavy atom. The number of halogens is 1. The van der Waals surface area contributed by atoms with Crippen LogP contribution in [-0.4, -0.2) is 28.0 Å². The molecular weight excluding hydrogens is 481 g/mol. The number of urea groups is 1. The van der Waals surface area contributed by atoms with Crippen molar-refractivity contribution in [2.24, 2.45) is 0 Å². The Morgan fingerprint density at radius 2 is 1.85 bits per heavy atom. The molecule has 0 radical (unpaired) electrons. The molecule has 34 heavy (non-hydrogen) atoms. The Labute approximate surface area is 202 Å². The van der Waals surface area contributed by atoms with Gasteiger partial charge in [-0.25, -0.2) is 18.3 Å². The van der Waals surface area contributed by atoms with Gasteiger partial charge >= 0.3 is 12.0 Å². The molecule has 11 heteroatoms. The lowest BCUT2D eigenvalue weighted by Crippen LogP contribution is -2.39. The number of imide groups is 1. The maximum absolute atomic E-state index is 14.8. The van der Waals surface area contributed by atoms with Crippen LogP contribution < -0.4 is 14.4 Å². The lowest BCUT2D eigenvalue weighted by molar-refractivity contribution is -0.119. The maximum Gasteiger partial charge on any atom is 0.345 e. The van der Waals surface area contributed by atoms with E-state index in [0.29, 0.717) is 10.2 Å². The lowest BCUT2D eigenvalue weighted by atomic mass is 10.1. The monoisotopic (exact) mass is 497 g/mol. The predicted octanol–water partition coefficient (Wildman–Crippen LogP) is 5.06. The number of benzene rings is 2. The van der Waals surface area contributed by atoms with Gasteiger partial charge in [0.15, 0.2) is 11.6 Å². The molecule has 0 atom stereocenters. The normalized spacial score (nSPS) is 10.6. The SMILES string of the molecule is O=C(Cc1ccccc1)NC(=O)N(S)c1ccc(Oc2ccnc3cc(C(=O)O)sc23)c(F)c1. The minimum atomic E-state index is -1.10. The number of carbonyl (C=O) groups is 3. The first kappa shape index (κ1) is 23.2. The number of fused-ring (bicyclic) bond motifs is 1. The summed E-state index contributed by atoms with van der Waals surface area (Å²) in [5, 5.41) is 11.4. The van der Waals surface area contributed by atoms with Gasteiger partial charge in [-0.05, 0) is 23.8 Å². The highest BCUT2D eigenvalue weighted by Gasteiger charge is 2.19. The smallest absolute Gasteiger partial charge is 0.345 e. The average Bonchev–Trinajstić information content (AvgIpc) is 3.26. The number of ether oxygens (including phenoxy) is 1. The van der Waals surface area contributed by atoms with Crippen LogP contribution in [0.5, 0.6) is 11.5 Å². The number of hydrogen-bond donors (Lipinski definition) is 3. The molecule has 3 amide bonds. The third kappa shape index (κ3) is 5.16. The molecule has 2 heterocycles. The zero-order chi connectivity index (χ0) is 24.2. The van der Waals surface area contributed by atoms with Crippen LogP contribution in [0.15, 0.2) is 66.9 Å². The Hall–Kier alpha value is -3.96. The molecule has 0 bridgehead atoms. The molecule has 2 aromatic carbocycles. The van der Waals surface area contributed by atoms with Crippen molar-refractivity contribution in [2.75, 3.05) is 4.31 Å². The second kappa shape index (κ2) is 9.89. The van der Waals surface area contributed by atoms with Gasteiger partial charge in [-0.2, -0.15) is 0 Å². The van der Waals surface area contributed by atoms with Gasteiger partial charge in [0, 0.05) is 18.3 Å². The molecule has 0 saturated carbocycles. The summed E-state index contributed by atoms with van der Waals surface area (Å²) in [5.41, 5.74) is 1.22. The fraction of sp³-hybridized carbons (Fsp3) is 0.0435. The largest absolute Gasteiger partial charge is 0.477 e. The van der Waals surface area contributed by atoms with E-state index in [9.17, 15) is 23.9 Å². The van der Waals surface area contributed by atoms with Gasteiger partial charge < -0.3 is 9.84 Å². The Kier molecular flexibility index (Phi) is 6.75. The Balaban J connectivity index is 1.46. The Bertz CT molecular complexity index is 1390. The number of amides is 3. The van der Waals surface area contributed by atoms with E-state index < -0.39 is 23.7 Å². The maximum atomic E-state index is 14.8. The summed E-state index contributed by atoms with van der Waals surface area (Å²) in [5.74, 6) is -2.34. The van der Waals surface area contributed by atoms with Crippen LogP contribution in [0.3, 0.4) is 0 Å². The van der Waals surface area contributed by atoms with Crippen LogP contribution in [0, 0.1) is 5.82 Å². The average molecular weight is 498 g/mol. The van der Waals surface area contributed by atoms with Crippen molar-refractivity contribution in [1.82, 2.24) is 10.3 Å². The third-order valence-electron chi connectivity index (χ3n) is 4.61. The van der Waals surface area contributed by atoms with Crippen LogP contribution >= 0.6 is 24.2 Å². The van der Waals surface area contributed by atoms with E-state index in [1.807, 2.05) is 6.07 Å². The van der Waals surface area contributed by atoms with E-state index in [0.717, 1.165) is 27.3 Å². The van der Waals surface area contributed by atoms with E-state index in [1.165, 1.54) is 30.5 Å². The summed E-state index contributed by atoms with van der Waals surface area (Å²) in [4.78, 5) is 39.9. The van der Waals surface area contributed by atoms with Crippen molar-refractivity contribution < 1.29 is 28.6 Å². The standard InChI is InChI=1S/C23H16FN3O5S2/c24-15-11-14(27(33)23(31)26-20(28)10-13-4-2-1-3-5-13)6-7-17(15)32-18-8-9-25-16-12-19(22(29)30)34-21(16)18/h1-9,11-12,33H,10H2,(H,29,30)(H,26,28,31). The number of aromatic carboxylic acids is 1. The Morgan fingerprint density at radius 1 is 1.09 bits per heavy atom. The third-order valence-corrected chi connectivity index (χ3v) is 6.15. The molecule has 0 unspecified atom stereocenters. The van der Waals surface area contributed by atoms with Crippen LogP contribution in [0.25, 0.3) is 10.2 Å². The van der Waals surface area contributed by atoms with Crippen LogP contribution in [0.2, 0.25) is 0 Å². The van der Waals surface area contributed by atoms with Gasteiger partial charge in [-0.1, -0.05) is 43.1 Å². The molecule has 0 aliphatic rings. The summed E-state index contributed by atoms with van der Waals surface area (Å²) in [6.07, 6.45) is 1.43. The van der Waals surface area contributed by atoms with Gasteiger partial charge in [-0.15, -0.1) is 11.3 Å². The minimum Gasteiger partial charge on any atom is -0.477 e. The summed E-state index contributed by atoms with van der Waals surface area (Å²) < 4.78 is 21.7. The molecule has 2 N–H and O–H groups in total. The number of thiophene rings is 1. The van der Waals surface area contributed by atoms with Crippen molar-refractivity contribution >= 4 is 58.0 Å². The molecule has 8 nitrogen and oxygen atoms in total. The first-order chi connectivity index (χ1) is 16.3. The highest BCUT2D eigenvalue weighted by atomic mass is 32.1. The van der Waals surface area contributed by atoms with Gasteiger partial charge in [-0.3, -0.25) is 15.1 Å². The second-order valence-electron chi connectivity index (χ2n) is 6.98. The number of thiol groups is 1. The molecule has 0 aliphatic heterocycles. The number of pyridine rings is 1. The van der Waals surface area contributed by atoms with E-state index in [4.69, 9.17) is 4.74 Å². The molecule has 0 spiro atoms. The van der Waals surface area contributed by atoms with E-state index >= 15 is 0 Å². The number of anilines is 1. The van der Waals surface area contributed by atoms with Crippen molar-refractivity contribution in [1.29, 1.82) is 0 Å². The zero-order valence-electron chi connectivity index (χ0n) is 17.3. The van der Waals surface area contributed by atoms with Crippen molar-refractivity contribution in [2.45, 2.75) is 6.42 Å². The second-order valence-corrected chi connectivity index (χ2v) is 8.44. The van der Waals surface area contributed by atoms with Gasteiger partial charge in [0.2, 0.25) is 5.91 Å². The van der Waals surface area contributed by atoms with Crippen LogP contribution in [0.1, 0.15) is 15.2 Å². The molecule has 0 fully saturated rings. The highest BCUT2D eigenvalue weighted by Crippen LogP contribution is 2.36. The van der Waals surface area contributed by atoms with E-state index in [1.54, 1.807) is 24.3 Å². The van der Waals surface area contributed by atoms with Gasteiger partial charge in [0.25, 0.3) is 0 Å². The molecule has 0 saturated heterocycles. The van der Waals surface area contributed by atoms with Crippen LogP contribution in [-0.2, 0) is 11.2 Å². The number of nitrogens with zero attached hydrogens (tertiary/aromatic N) is 2. The molecule has 2 aromatic heterocycles. The lowest BCUT2D eigenvalue weighted by Gasteiger charge is -2.17. The van der Waals surface area contributed by atoms with E-state index in [2.05, 4.69) is 23.1 Å². The molecular formula is C23H16FN3O5S2. The van der Waals surface area contributed by atoms with Crippen LogP contribution in [0.4, 0.5) is 14.9 Å². The molecule has 172 valence electrons. The molecule has 0 aliphatic carbocycles. The van der Waals surface area contributed by atoms with Crippen molar-refractivity contribution in [3.05, 3.63) is 83.1 Å². The number of carboxylic acid groups (broad SMARTS) is 1. The topological polar surface area (TPSA) is 109 Å². The number of rotatable bonds is 6. The molecule has 4 rings (SSSR count). The first-order valence-corrected chi connectivity index (χ1v) is 11.0. The number of aromatic nitrogens is 1. The summed E-state index contributed by atoms with van der Waals surface area (Å²) >= 11 is 5.03. The first-order valence-electron chi connectivity index (χ1n) is 9.78. The number of carboxylic acids is 1. The molecule has 4 aromatic rings. The quantitative estimate of drug-likeness (QED) is 0.322. The van der Waals surface area contributed by atoms with Crippen molar-refractivity contribution in [3.63, 3.8) is 0 Å². The highest BCUT2D eigenvalue weighted by molar-refractivity contribution is 7.82. The fourth-order valence-electron chi connectivity index (χ4n) is 3.04. The minimum absolute atomic E-state index is 0.00204. The summed E-state index contributed by atoms with van der Waals surface area (Å²) in [6.45, 7) is 0. The van der Waals surface area contributed by atoms with Gasteiger partial charge in [0.1, 0.15) is 10.6 Å².